The third-order valence-electron chi connectivity index (χ3n) is 7.56. The number of rotatable bonds is 14. The normalized spacial score (nSPS) is 26.9. The number of methoxy groups -OCH3 is 1. The molecule has 0 amide bonds. The van der Waals surface area contributed by atoms with Gasteiger partial charge in [0, 0.05) is 45.1 Å². The van der Waals surface area contributed by atoms with Gasteiger partial charge in [-0.05, 0) is 63.8 Å². The smallest absolute Gasteiger partial charge is 0.305 e. The number of carbonyl (C=O) groups is 3. The van der Waals surface area contributed by atoms with Gasteiger partial charge in [-0.2, -0.15) is 0 Å². The lowest BCUT2D eigenvalue weighted by Crippen LogP contribution is -2.47. The number of carbonyl (C=O) groups excluding carboxylic acids is 3. The van der Waals surface area contributed by atoms with Crippen LogP contribution in [-0.4, -0.2) is 71.6 Å². The van der Waals surface area contributed by atoms with Crippen molar-refractivity contribution in [2.45, 2.75) is 141 Å². The van der Waals surface area contributed by atoms with Crippen LogP contribution in [-0.2, 0) is 42.5 Å². The van der Waals surface area contributed by atoms with Crippen LogP contribution in [0.5, 0.6) is 0 Å². The summed E-state index contributed by atoms with van der Waals surface area (Å²) >= 11 is 0. The monoisotopic (exact) mass is 572 g/mol. The van der Waals surface area contributed by atoms with Crippen LogP contribution in [0, 0.1) is 11.8 Å². The molecule has 0 N–H and O–H groups in total. The van der Waals surface area contributed by atoms with E-state index in [0.29, 0.717) is 38.7 Å². The molecule has 1 aliphatic heterocycles. The molecule has 6 atom stereocenters. The summed E-state index contributed by atoms with van der Waals surface area (Å²) in [5, 5.41) is 0.115. The standard InChI is InChI=1S/C29H52O9Si/c1-19(30)35-21(12-11-13-25(32)33-8)15-16-22-23(36-20(2)31)18-24(37-26-14-9-10-17-34-26)27(22)29(6,7)38-39-28(3,4)5/h21-24,26-27H,9-18,39H2,1-8H3. The van der Waals surface area contributed by atoms with E-state index in [0.717, 1.165) is 19.3 Å². The molecule has 0 spiro atoms. The molecule has 6 unspecified atom stereocenters. The topological polar surface area (TPSA) is 107 Å². The first-order valence-electron chi connectivity index (χ1n) is 14.5. The van der Waals surface area contributed by atoms with Crippen molar-refractivity contribution >= 4 is 27.7 Å². The number of hydrogen-bond donors (Lipinski definition) is 0. The summed E-state index contributed by atoms with van der Waals surface area (Å²) in [7, 11) is 0.489. The zero-order chi connectivity index (χ0) is 29.2. The van der Waals surface area contributed by atoms with E-state index < -0.39 is 15.4 Å². The van der Waals surface area contributed by atoms with E-state index in [9.17, 15) is 14.4 Å². The fourth-order valence-electron chi connectivity index (χ4n) is 5.84. The minimum atomic E-state index is -0.877. The predicted molar refractivity (Wildman–Crippen MR) is 150 cm³/mol. The molecule has 226 valence electrons. The Bertz CT molecular complexity index is 788. The molecule has 10 heteroatoms. The lowest BCUT2D eigenvalue weighted by atomic mass is 9.78. The molecule has 1 saturated carbocycles. The van der Waals surface area contributed by atoms with Gasteiger partial charge in [0.2, 0.25) is 0 Å². The lowest BCUT2D eigenvalue weighted by molar-refractivity contribution is -0.207. The molecule has 0 aromatic heterocycles. The highest BCUT2D eigenvalue weighted by Gasteiger charge is 2.53. The SMILES string of the molecule is COC(=O)CCCC(CCC1C(OC(C)=O)CC(OC2CCCCO2)C1C(C)(C)O[SiH2]C(C)(C)C)OC(C)=O. The van der Waals surface area contributed by atoms with E-state index in [-0.39, 0.29) is 65.8 Å². The molecule has 0 aromatic carbocycles. The van der Waals surface area contributed by atoms with E-state index in [1.807, 2.05) is 0 Å². The second kappa shape index (κ2) is 15.5. The van der Waals surface area contributed by atoms with Crippen LogP contribution in [0.3, 0.4) is 0 Å². The van der Waals surface area contributed by atoms with E-state index in [2.05, 4.69) is 34.6 Å². The quantitative estimate of drug-likeness (QED) is 0.167. The molecule has 1 saturated heterocycles. The molecular formula is C29H52O9Si. The Morgan fingerprint density at radius 2 is 1.72 bits per heavy atom. The molecule has 1 aliphatic carbocycles. The van der Waals surface area contributed by atoms with Crippen molar-refractivity contribution in [1.82, 2.24) is 0 Å². The van der Waals surface area contributed by atoms with Crippen LogP contribution in [0.1, 0.15) is 106 Å². The van der Waals surface area contributed by atoms with Crippen LogP contribution in [0.2, 0.25) is 5.04 Å². The number of esters is 3. The van der Waals surface area contributed by atoms with Crippen LogP contribution < -0.4 is 0 Å². The Morgan fingerprint density at radius 1 is 1.00 bits per heavy atom. The highest BCUT2D eigenvalue weighted by Crippen LogP contribution is 2.47. The molecule has 0 bridgehead atoms. The summed E-state index contributed by atoms with van der Waals surface area (Å²) in [6.45, 7) is 14.4. The Morgan fingerprint density at radius 3 is 2.28 bits per heavy atom. The second-order valence-corrected chi connectivity index (χ2v) is 15.5. The molecule has 0 aromatic rings. The Kier molecular flexibility index (Phi) is 13.4. The summed E-state index contributed by atoms with van der Waals surface area (Å²) in [4.78, 5) is 35.6. The zero-order valence-corrected chi connectivity index (χ0v) is 26.8. The van der Waals surface area contributed by atoms with Gasteiger partial charge in [-0.1, -0.05) is 20.8 Å². The Labute approximate surface area is 237 Å². The van der Waals surface area contributed by atoms with Crippen molar-refractivity contribution in [3.8, 4) is 0 Å². The molecule has 39 heavy (non-hydrogen) atoms. The highest BCUT2D eigenvalue weighted by atomic mass is 28.2. The molecule has 1 heterocycles. The van der Waals surface area contributed by atoms with Gasteiger partial charge in [0.15, 0.2) is 16.1 Å². The Balaban J connectivity index is 2.28. The van der Waals surface area contributed by atoms with Crippen LogP contribution in [0.4, 0.5) is 0 Å². The number of hydrogen-bond acceptors (Lipinski definition) is 9. The highest BCUT2D eigenvalue weighted by molar-refractivity contribution is 6.31. The zero-order valence-electron chi connectivity index (χ0n) is 25.4. The summed E-state index contributed by atoms with van der Waals surface area (Å²) in [5.74, 6) is -1.06. The first-order chi connectivity index (χ1) is 18.2. The molecule has 2 fully saturated rings. The fraction of sp³-hybridized carbons (Fsp3) is 0.897. The van der Waals surface area contributed by atoms with Gasteiger partial charge in [0.05, 0.1) is 18.8 Å². The summed E-state index contributed by atoms with van der Waals surface area (Å²) < 4.78 is 35.5. The molecule has 2 aliphatic rings. The largest absolute Gasteiger partial charge is 0.469 e. The predicted octanol–water partition coefficient (Wildman–Crippen LogP) is 4.62. The van der Waals surface area contributed by atoms with Crippen molar-refractivity contribution in [2.24, 2.45) is 11.8 Å². The van der Waals surface area contributed by atoms with Crippen molar-refractivity contribution in [1.29, 1.82) is 0 Å². The van der Waals surface area contributed by atoms with Gasteiger partial charge in [-0.15, -0.1) is 0 Å². The maximum Gasteiger partial charge on any atom is 0.305 e. The van der Waals surface area contributed by atoms with E-state index in [1.165, 1.54) is 21.0 Å². The molecule has 9 nitrogen and oxygen atoms in total. The van der Waals surface area contributed by atoms with Crippen molar-refractivity contribution in [3.63, 3.8) is 0 Å². The van der Waals surface area contributed by atoms with Gasteiger partial charge in [-0.3, -0.25) is 14.4 Å². The van der Waals surface area contributed by atoms with Crippen LogP contribution >= 0.6 is 0 Å². The summed E-state index contributed by atoms with van der Waals surface area (Å²) in [6.07, 6.45) is 4.98. The first kappa shape index (κ1) is 33.7. The average molecular weight is 573 g/mol. The van der Waals surface area contributed by atoms with Gasteiger partial charge >= 0.3 is 17.9 Å². The summed E-state index contributed by atoms with van der Waals surface area (Å²) in [6, 6.07) is 0. The third kappa shape index (κ3) is 11.9. The Hall–Kier alpha value is -1.49. The van der Waals surface area contributed by atoms with Gasteiger partial charge < -0.3 is 28.1 Å². The molecule has 2 rings (SSSR count). The van der Waals surface area contributed by atoms with Crippen molar-refractivity contribution in [2.75, 3.05) is 13.7 Å². The van der Waals surface area contributed by atoms with Gasteiger partial charge in [0.25, 0.3) is 0 Å². The molecule has 0 radical (unpaired) electrons. The van der Waals surface area contributed by atoms with Crippen molar-refractivity contribution < 1.29 is 42.5 Å². The maximum atomic E-state index is 12.1. The second-order valence-electron chi connectivity index (χ2n) is 12.8. The average Bonchev–Trinajstić information content (AvgIpc) is 3.17. The number of ether oxygens (including phenoxy) is 5. The van der Waals surface area contributed by atoms with Crippen molar-refractivity contribution in [3.05, 3.63) is 0 Å². The third-order valence-corrected chi connectivity index (χ3v) is 9.31. The maximum absolute atomic E-state index is 12.1. The van der Waals surface area contributed by atoms with Gasteiger partial charge in [0.1, 0.15) is 12.2 Å². The van der Waals surface area contributed by atoms with E-state index in [4.69, 9.17) is 28.1 Å². The lowest BCUT2D eigenvalue weighted by Gasteiger charge is -2.42. The minimum Gasteiger partial charge on any atom is -0.469 e. The van der Waals surface area contributed by atoms with Gasteiger partial charge in [-0.25, -0.2) is 0 Å². The van der Waals surface area contributed by atoms with Crippen LogP contribution in [0.25, 0.3) is 0 Å². The fourth-order valence-corrected chi connectivity index (χ4v) is 6.84. The van der Waals surface area contributed by atoms with E-state index in [1.54, 1.807) is 0 Å². The van der Waals surface area contributed by atoms with Crippen LogP contribution in [0.15, 0.2) is 0 Å². The minimum absolute atomic E-state index is 0.0460. The summed E-state index contributed by atoms with van der Waals surface area (Å²) in [5.41, 5.74) is -0.514. The first-order valence-corrected chi connectivity index (χ1v) is 15.8. The van der Waals surface area contributed by atoms with E-state index >= 15 is 0 Å². The molecular weight excluding hydrogens is 520 g/mol.